The molecule has 3 heterocycles. The highest BCUT2D eigenvalue weighted by atomic mass is 16.5. The maximum Gasteiger partial charge on any atom is 0.227 e. The van der Waals surface area contributed by atoms with Gasteiger partial charge in [-0.1, -0.05) is 0 Å². The van der Waals surface area contributed by atoms with Gasteiger partial charge in [-0.2, -0.15) is 0 Å². The minimum absolute atomic E-state index is 0.267. The van der Waals surface area contributed by atoms with Crippen LogP contribution in [0.3, 0.4) is 0 Å². The standard InChI is InChI=1S/C18H27N3O2/c22-18(15-16-4-7-19-8-5-16)21-9-2-1-3-17(21)6-10-20-11-13-23-14-12-20/h4-5,7-8,17H,1-3,6,9-15H2/t17-/m0/s1. The van der Waals surface area contributed by atoms with Gasteiger partial charge >= 0.3 is 0 Å². The topological polar surface area (TPSA) is 45.7 Å². The van der Waals surface area contributed by atoms with Gasteiger partial charge in [-0.3, -0.25) is 14.7 Å². The molecule has 1 aromatic rings. The number of likely N-dealkylation sites (tertiary alicyclic amines) is 1. The number of rotatable bonds is 5. The fourth-order valence-corrected chi connectivity index (χ4v) is 3.56. The van der Waals surface area contributed by atoms with E-state index in [1.165, 1.54) is 6.42 Å². The molecule has 2 aliphatic rings. The third-order valence-corrected chi connectivity index (χ3v) is 4.93. The summed E-state index contributed by atoms with van der Waals surface area (Å²) in [5, 5.41) is 0. The van der Waals surface area contributed by atoms with Crippen molar-refractivity contribution in [2.24, 2.45) is 0 Å². The molecule has 1 atom stereocenters. The molecule has 1 aromatic heterocycles. The van der Waals surface area contributed by atoms with E-state index in [9.17, 15) is 4.79 Å². The van der Waals surface area contributed by atoms with E-state index in [1.807, 2.05) is 12.1 Å². The van der Waals surface area contributed by atoms with E-state index in [0.717, 1.165) is 64.2 Å². The van der Waals surface area contributed by atoms with Gasteiger partial charge in [0.25, 0.3) is 0 Å². The van der Waals surface area contributed by atoms with Crippen LogP contribution in [0.15, 0.2) is 24.5 Å². The van der Waals surface area contributed by atoms with Crippen LogP contribution in [0.4, 0.5) is 0 Å². The van der Waals surface area contributed by atoms with Crippen molar-refractivity contribution in [3.8, 4) is 0 Å². The second-order valence-electron chi connectivity index (χ2n) is 6.51. The first-order valence-corrected chi connectivity index (χ1v) is 8.81. The Labute approximate surface area is 138 Å². The van der Waals surface area contributed by atoms with Gasteiger partial charge in [0.1, 0.15) is 0 Å². The number of pyridine rings is 1. The highest BCUT2D eigenvalue weighted by molar-refractivity contribution is 5.79. The molecule has 3 rings (SSSR count). The highest BCUT2D eigenvalue weighted by Gasteiger charge is 2.27. The monoisotopic (exact) mass is 317 g/mol. The quantitative estimate of drug-likeness (QED) is 0.830. The smallest absolute Gasteiger partial charge is 0.227 e. The molecule has 0 aromatic carbocycles. The Balaban J connectivity index is 1.53. The van der Waals surface area contributed by atoms with Gasteiger partial charge in [0.15, 0.2) is 0 Å². The number of hydrogen-bond acceptors (Lipinski definition) is 4. The SMILES string of the molecule is O=C(Cc1ccncc1)N1CCCC[C@H]1CCN1CCOCC1. The number of hydrogen-bond donors (Lipinski definition) is 0. The van der Waals surface area contributed by atoms with Crippen molar-refractivity contribution in [3.05, 3.63) is 30.1 Å². The molecule has 5 heteroatoms. The lowest BCUT2D eigenvalue weighted by molar-refractivity contribution is -0.134. The van der Waals surface area contributed by atoms with Crippen molar-refractivity contribution in [3.63, 3.8) is 0 Å². The maximum absolute atomic E-state index is 12.7. The summed E-state index contributed by atoms with van der Waals surface area (Å²) in [6, 6.07) is 4.27. The summed E-state index contributed by atoms with van der Waals surface area (Å²) >= 11 is 0. The molecular formula is C18H27N3O2. The van der Waals surface area contributed by atoms with Crippen molar-refractivity contribution < 1.29 is 9.53 Å². The number of morpholine rings is 1. The number of carbonyl (C=O) groups excluding carboxylic acids is 1. The Morgan fingerprint density at radius 1 is 1.17 bits per heavy atom. The summed E-state index contributed by atoms with van der Waals surface area (Å²) < 4.78 is 5.41. The number of aromatic nitrogens is 1. The Hall–Kier alpha value is -1.46. The molecule has 0 aliphatic carbocycles. The molecule has 5 nitrogen and oxygen atoms in total. The van der Waals surface area contributed by atoms with Gasteiger partial charge in [0.05, 0.1) is 19.6 Å². The van der Waals surface area contributed by atoms with E-state index < -0.39 is 0 Å². The van der Waals surface area contributed by atoms with Crippen LogP contribution in [-0.2, 0) is 16.0 Å². The van der Waals surface area contributed by atoms with Gasteiger partial charge in [-0.05, 0) is 43.4 Å². The van der Waals surface area contributed by atoms with Crippen LogP contribution in [0, 0.1) is 0 Å². The molecule has 0 radical (unpaired) electrons. The number of carbonyl (C=O) groups is 1. The molecule has 0 bridgehead atoms. The van der Waals surface area contributed by atoms with Gasteiger partial charge < -0.3 is 9.64 Å². The van der Waals surface area contributed by atoms with Crippen molar-refractivity contribution in [1.82, 2.24) is 14.8 Å². The van der Waals surface area contributed by atoms with E-state index in [-0.39, 0.29) is 5.91 Å². The lowest BCUT2D eigenvalue weighted by atomic mass is 9.98. The Bertz CT molecular complexity index is 488. The van der Waals surface area contributed by atoms with Gasteiger partial charge in [0, 0.05) is 44.6 Å². The summed E-state index contributed by atoms with van der Waals surface area (Å²) in [6.45, 7) is 5.73. The minimum atomic E-state index is 0.267. The van der Waals surface area contributed by atoms with Crippen LogP contribution in [0.25, 0.3) is 0 Å². The van der Waals surface area contributed by atoms with Gasteiger partial charge in [-0.25, -0.2) is 0 Å². The summed E-state index contributed by atoms with van der Waals surface area (Å²) in [4.78, 5) is 21.3. The third-order valence-electron chi connectivity index (χ3n) is 4.93. The van der Waals surface area contributed by atoms with Crippen molar-refractivity contribution in [1.29, 1.82) is 0 Å². The lowest BCUT2D eigenvalue weighted by Crippen LogP contribution is -2.46. The fraction of sp³-hybridized carbons (Fsp3) is 0.667. The molecule has 2 fully saturated rings. The largest absolute Gasteiger partial charge is 0.379 e. The highest BCUT2D eigenvalue weighted by Crippen LogP contribution is 2.21. The lowest BCUT2D eigenvalue weighted by Gasteiger charge is -2.37. The van der Waals surface area contributed by atoms with Gasteiger partial charge in [0.2, 0.25) is 5.91 Å². The van der Waals surface area contributed by atoms with Crippen molar-refractivity contribution in [2.75, 3.05) is 39.4 Å². The average molecular weight is 317 g/mol. The second kappa shape index (κ2) is 8.41. The summed E-state index contributed by atoms with van der Waals surface area (Å²) in [5.74, 6) is 0.267. The molecular weight excluding hydrogens is 290 g/mol. The molecule has 1 amide bonds. The average Bonchev–Trinajstić information content (AvgIpc) is 2.62. The van der Waals surface area contributed by atoms with E-state index in [1.54, 1.807) is 12.4 Å². The molecule has 2 aliphatic heterocycles. The fourth-order valence-electron chi connectivity index (χ4n) is 3.56. The Morgan fingerprint density at radius 2 is 1.96 bits per heavy atom. The predicted octanol–water partition coefficient (Wildman–Crippen LogP) is 1.73. The van der Waals surface area contributed by atoms with Crippen LogP contribution in [0.5, 0.6) is 0 Å². The van der Waals surface area contributed by atoms with Crippen LogP contribution in [0.2, 0.25) is 0 Å². The first-order chi connectivity index (χ1) is 11.3. The second-order valence-corrected chi connectivity index (χ2v) is 6.51. The zero-order chi connectivity index (χ0) is 15.9. The van der Waals surface area contributed by atoms with E-state index in [4.69, 9.17) is 4.74 Å². The Kier molecular flexibility index (Phi) is 6.00. The number of amides is 1. The van der Waals surface area contributed by atoms with Crippen LogP contribution in [0.1, 0.15) is 31.2 Å². The molecule has 0 spiro atoms. The summed E-state index contributed by atoms with van der Waals surface area (Å²) in [6.07, 6.45) is 8.62. The van der Waals surface area contributed by atoms with Crippen LogP contribution >= 0.6 is 0 Å². The van der Waals surface area contributed by atoms with Crippen LogP contribution < -0.4 is 0 Å². The molecule has 0 N–H and O–H groups in total. The molecule has 126 valence electrons. The number of piperidine rings is 1. The van der Waals surface area contributed by atoms with Crippen molar-refractivity contribution in [2.45, 2.75) is 38.1 Å². The predicted molar refractivity (Wildman–Crippen MR) is 89.2 cm³/mol. The number of nitrogens with zero attached hydrogens (tertiary/aromatic N) is 3. The zero-order valence-corrected chi connectivity index (χ0v) is 13.8. The molecule has 0 saturated carbocycles. The first-order valence-electron chi connectivity index (χ1n) is 8.81. The first kappa shape index (κ1) is 16.4. The summed E-state index contributed by atoms with van der Waals surface area (Å²) in [5.41, 5.74) is 1.06. The van der Waals surface area contributed by atoms with E-state index in [2.05, 4.69) is 14.8 Å². The third kappa shape index (κ3) is 4.75. The normalized spacial score (nSPS) is 23.0. The Morgan fingerprint density at radius 3 is 2.74 bits per heavy atom. The van der Waals surface area contributed by atoms with Crippen LogP contribution in [-0.4, -0.2) is 66.1 Å². The van der Waals surface area contributed by atoms with E-state index in [0.29, 0.717) is 12.5 Å². The number of ether oxygens (including phenoxy) is 1. The molecule has 2 saturated heterocycles. The zero-order valence-electron chi connectivity index (χ0n) is 13.8. The minimum Gasteiger partial charge on any atom is -0.379 e. The van der Waals surface area contributed by atoms with E-state index >= 15 is 0 Å². The molecule has 23 heavy (non-hydrogen) atoms. The van der Waals surface area contributed by atoms with Crippen molar-refractivity contribution >= 4 is 5.91 Å². The summed E-state index contributed by atoms with van der Waals surface area (Å²) in [7, 11) is 0. The maximum atomic E-state index is 12.7. The molecule has 0 unspecified atom stereocenters. The van der Waals surface area contributed by atoms with Gasteiger partial charge in [-0.15, -0.1) is 0 Å².